The zero-order valence-electron chi connectivity index (χ0n) is 14.8. The molecule has 26 heavy (non-hydrogen) atoms. The van der Waals surface area contributed by atoms with Crippen LogP contribution in [0, 0.1) is 20.8 Å². The number of anilines is 1. The van der Waals surface area contributed by atoms with Gasteiger partial charge >= 0.3 is 0 Å². The van der Waals surface area contributed by atoms with Crippen molar-refractivity contribution < 1.29 is 9.32 Å². The number of nitrogens with one attached hydrogen (secondary N) is 2. The van der Waals surface area contributed by atoms with Crippen molar-refractivity contribution in [3.63, 3.8) is 0 Å². The molecule has 0 aliphatic heterocycles. The lowest BCUT2D eigenvalue weighted by Crippen LogP contribution is -2.12. The van der Waals surface area contributed by atoms with Crippen LogP contribution >= 0.6 is 0 Å². The van der Waals surface area contributed by atoms with Crippen LogP contribution in [0.4, 0.5) is 5.69 Å². The number of H-pyrrole nitrogens is 1. The second kappa shape index (κ2) is 6.15. The molecule has 4 rings (SSSR count). The summed E-state index contributed by atoms with van der Waals surface area (Å²) in [5, 5.41) is 7.01. The maximum atomic E-state index is 12.6. The van der Waals surface area contributed by atoms with Crippen LogP contribution in [-0.4, -0.2) is 21.0 Å². The molecule has 0 saturated carbocycles. The number of imidazole rings is 1. The van der Waals surface area contributed by atoms with Gasteiger partial charge in [0.15, 0.2) is 0 Å². The third-order valence-electron chi connectivity index (χ3n) is 4.31. The number of nitrogens with zero attached hydrogens (tertiary/aromatic N) is 2. The lowest BCUT2D eigenvalue weighted by Gasteiger charge is -2.09. The molecular weight excluding hydrogens is 328 g/mol. The van der Waals surface area contributed by atoms with Gasteiger partial charge in [-0.25, -0.2) is 4.98 Å². The third-order valence-corrected chi connectivity index (χ3v) is 4.31. The highest BCUT2D eigenvalue weighted by Gasteiger charge is 2.17. The minimum Gasteiger partial charge on any atom is -0.361 e. The molecule has 4 aromatic rings. The number of fused-ring (bicyclic) bond motifs is 1. The highest BCUT2D eigenvalue weighted by atomic mass is 16.5. The fraction of sp³-hybridized carbons (Fsp3) is 0.150. The normalized spacial score (nSPS) is 11.0. The molecule has 0 unspecified atom stereocenters. The van der Waals surface area contributed by atoms with Crippen LogP contribution in [0.25, 0.3) is 22.2 Å². The lowest BCUT2D eigenvalue weighted by molar-refractivity contribution is 0.102. The van der Waals surface area contributed by atoms with Crippen LogP contribution in [0.1, 0.15) is 27.6 Å². The first-order chi connectivity index (χ1) is 12.5. The van der Waals surface area contributed by atoms with E-state index in [-0.39, 0.29) is 5.91 Å². The first kappa shape index (κ1) is 16.1. The second-order valence-corrected chi connectivity index (χ2v) is 6.26. The van der Waals surface area contributed by atoms with Gasteiger partial charge in [0.25, 0.3) is 5.91 Å². The Labute approximate surface area is 150 Å². The summed E-state index contributed by atoms with van der Waals surface area (Å²) in [6.45, 7) is 5.66. The molecule has 2 aromatic carbocycles. The van der Waals surface area contributed by atoms with Crippen molar-refractivity contribution in [2.45, 2.75) is 20.8 Å². The van der Waals surface area contributed by atoms with Gasteiger partial charge in [0, 0.05) is 11.1 Å². The molecule has 0 atom stereocenters. The molecule has 2 N–H and O–H groups in total. The topological polar surface area (TPSA) is 83.8 Å². The molecule has 2 aromatic heterocycles. The number of aromatic nitrogens is 3. The molecule has 0 aliphatic rings. The minimum atomic E-state index is -0.177. The van der Waals surface area contributed by atoms with Gasteiger partial charge in [-0.05, 0) is 50.6 Å². The Morgan fingerprint density at radius 2 is 1.88 bits per heavy atom. The van der Waals surface area contributed by atoms with Gasteiger partial charge in [0.2, 0.25) is 0 Å². The van der Waals surface area contributed by atoms with Gasteiger partial charge in [-0.1, -0.05) is 23.4 Å². The summed E-state index contributed by atoms with van der Waals surface area (Å²) < 4.78 is 5.29. The molecule has 130 valence electrons. The summed E-state index contributed by atoms with van der Waals surface area (Å²) in [6.07, 6.45) is 0. The fourth-order valence-corrected chi connectivity index (χ4v) is 3.16. The smallest absolute Gasteiger partial charge is 0.255 e. The zero-order chi connectivity index (χ0) is 18.3. The van der Waals surface area contributed by atoms with E-state index in [0.717, 1.165) is 39.4 Å². The van der Waals surface area contributed by atoms with E-state index in [4.69, 9.17) is 4.52 Å². The minimum absolute atomic E-state index is 0.177. The van der Waals surface area contributed by atoms with Crippen molar-refractivity contribution in [1.82, 2.24) is 15.1 Å². The zero-order valence-corrected chi connectivity index (χ0v) is 14.8. The molecular formula is C20H18N4O2. The highest BCUT2D eigenvalue weighted by Crippen LogP contribution is 2.33. The van der Waals surface area contributed by atoms with Crippen molar-refractivity contribution in [3.8, 4) is 11.1 Å². The number of carbonyl (C=O) groups excluding carboxylic acids is 1. The largest absolute Gasteiger partial charge is 0.361 e. The van der Waals surface area contributed by atoms with Crippen LogP contribution < -0.4 is 5.32 Å². The standard InChI is InChI=1S/C20H18N4O2/c1-11-18(12(2)26-24-11)15-9-16-19(22-13(3)21-16)17(10-15)23-20(25)14-7-5-4-6-8-14/h4-10H,1-3H3,(H,21,22)(H,23,25). The van der Waals surface area contributed by atoms with E-state index in [1.807, 2.05) is 51.1 Å². The monoisotopic (exact) mass is 346 g/mol. The van der Waals surface area contributed by atoms with Crippen LogP contribution in [-0.2, 0) is 0 Å². The molecule has 1 amide bonds. The molecule has 6 nitrogen and oxygen atoms in total. The Hall–Kier alpha value is -3.41. The third kappa shape index (κ3) is 2.75. The van der Waals surface area contributed by atoms with Crippen molar-refractivity contribution in [2.24, 2.45) is 0 Å². The van der Waals surface area contributed by atoms with Crippen molar-refractivity contribution in [3.05, 3.63) is 65.3 Å². The number of hydrogen-bond acceptors (Lipinski definition) is 4. The summed E-state index contributed by atoms with van der Waals surface area (Å²) in [5.74, 6) is 1.34. The summed E-state index contributed by atoms with van der Waals surface area (Å²) >= 11 is 0. The SMILES string of the molecule is Cc1nc2c(NC(=O)c3ccccc3)cc(-c3c(C)noc3C)cc2[nH]1. The summed E-state index contributed by atoms with van der Waals surface area (Å²) in [7, 11) is 0. The number of carbonyl (C=O) groups is 1. The van der Waals surface area contributed by atoms with Crippen LogP contribution in [0.3, 0.4) is 0 Å². The van der Waals surface area contributed by atoms with E-state index in [9.17, 15) is 4.79 Å². The summed E-state index contributed by atoms with van der Waals surface area (Å²) in [4.78, 5) is 20.4. The van der Waals surface area contributed by atoms with Gasteiger partial charge in [-0.3, -0.25) is 4.79 Å². The Balaban J connectivity index is 1.84. The van der Waals surface area contributed by atoms with Gasteiger partial charge in [-0.2, -0.15) is 0 Å². The predicted octanol–water partition coefficient (Wildman–Crippen LogP) is 4.40. The average molecular weight is 346 g/mol. The number of aryl methyl sites for hydroxylation is 3. The van der Waals surface area contributed by atoms with Gasteiger partial charge in [-0.15, -0.1) is 0 Å². The molecule has 2 heterocycles. The molecule has 6 heteroatoms. The van der Waals surface area contributed by atoms with Gasteiger partial charge < -0.3 is 14.8 Å². The molecule has 0 saturated heterocycles. The Bertz CT molecular complexity index is 1090. The molecule has 0 bridgehead atoms. The maximum absolute atomic E-state index is 12.6. The van der Waals surface area contributed by atoms with Crippen molar-refractivity contribution in [2.75, 3.05) is 5.32 Å². The summed E-state index contributed by atoms with van der Waals surface area (Å²) in [6, 6.07) is 13.0. The quantitative estimate of drug-likeness (QED) is 0.576. The molecule has 0 radical (unpaired) electrons. The number of benzene rings is 2. The summed E-state index contributed by atoms with van der Waals surface area (Å²) in [5.41, 5.74) is 5.46. The first-order valence-electron chi connectivity index (χ1n) is 8.33. The van der Waals surface area contributed by atoms with Crippen LogP contribution in [0.15, 0.2) is 47.0 Å². The Morgan fingerprint density at radius 1 is 1.12 bits per heavy atom. The number of hydrogen-bond donors (Lipinski definition) is 2. The fourth-order valence-electron chi connectivity index (χ4n) is 3.16. The van der Waals surface area contributed by atoms with Crippen LogP contribution in [0.2, 0.25) is 0 Å². The second-order valence-electron chi connectivity index (χ2n) is 6.26. The number of rotatable bonds is 3. The molecule has 0 fully saturated rings. The van der Waals surface area contributed by atoms with E-state index in [1.165, 1.54) is 0 Å². The maximum Gasteiger partial charge on any atom is 0.255 e. The van der Waals surface area contributed by atoms with Crippen molar-refractivity contribution in [1.29, 1.82) is 0 Å². The molecule has 0 aliphatic carbocycles. The molecule has 0 spiro atoms. The van der Waals surface area contributed by atoms with Gasteiger partial charge in [0.1, 0.15) is 17.1 Å². The van der Waals surface area contributed by atoms with Crippen LogP contribution in [0.5, 0.6) is 0 Å². The van der Waals surface area contributed by atoms with E-state index in [1.54, 1.807) is 12.1 Å². The predicted molar refractivity (Wildman–Crippen MR) is 100 cm³/mol. The Morgan fingerprint density at radius 3 is 2.58 bits per heavy atom. The van der Waals surface area contributed by atoms with E-state index < -0.39 is 0 Å². The number of aromatic amines is 1. The van der Waals surface area contributed by atoms with E-state index in [2.05, 4.69) is 20.4 Å². The average Bonchev–Trinajstić information content (AvgIpc) is 3.17. The number of amides is 1. The van der Waals surface area contributed by atoms with Crippen molar-refractivity contribution >= 4 is 22.6 Å². The first-order valence-corrected chi connectivity index (χ1v) is 8.33. The lowest BCUT2D eigenvalue weighted by atomic mass is 10.0. The van der Waals surface area contributed by atoms with E-state index >= 15 is 0 Å². The Kier molecular flexibility index (Phi) is 3.80. The van der Waals surface area contributed by atoms with E-state index in [0.29, 0.717) is 11.3 Å². The van der Waals surface area contributed by atoms with Gasteiger partial charge in [0.05, 0.1) is 16.9 Å². The highest BCUT2D eigenvalue weighted by molar-refractivity contribution is 6.09.